The first kappa shape index (κ1) is 15.8. The number of aromatic hydroxyl groups is 1. The van der Waals surface area contributed by atoms with Crippen LogP contribution >= 0.6 is 39.1 Å². The quantitative estimate of drug-likeness (QED) is 0.611. The summed E-state index contributed by atoms with van der Waals surface area (Å²) in [6, 6.07) is 9.66. The number of hydrazone groups is 1. The first-order valence-electron chi connectivity index (χ1n) is 5.74. The molecule has 0 radical (unpaired) electrons. The molecule has 0 aliphatic heterocycles. The Morgan fingerprint density at radius 2 is 2.05 bits per heavy atom. The minimum Gasteiger partial charge on any atom is -0.506 e. The Morgan fingerprint density at radius 3 is 2.76 bits per heavy atom. The standard InChI is InChI=1S/C14H9BrCl2N2O2/c15-10-4-9(13(20)12(17)6-10)7-18-19-14(21)8-2-1-3-11(16)5-8/h1-7,20H,(H,19,21)/b18-7+. The molecular weight excluding hydrogens is 379 g/mol. The van der Waals surface area contributed by atoms with Gasteiger partial charge in [0.2, 0.25) is 0 Å². The lowest BCUT2D eigenvalue weighted by Gasteiger charge is -2.03. The van der Waals surface area contributed by atoms with Crippen LogP contribution in [0.15, 0.2) is 46.0 Å². The van der Waals surface area contributed by atoms with Crippen molar-refractivity contribution in [2.75, 3.05) is 0 Å². The molecule has 0 heterocycles. The fourth-order valence-corrected chi connectivity index (χ4v) is 2.56. The van der Waals surface area contributed by atoms with E-state index in [2.05, 4.69) is 26.5 Å². The van der Waals surface area contributed by atoms with E-state index in [1.807, 2.05) is 0 Å². The van der Waals surface area contributed by atoms with Crippen LogP contribution in [0.25, 0.3) is 0 Å². The van der Waals surface area contributed by atoms with Gasteiger partial charge < -0.3 is 5.11 Å². The van der Waals surface area contributed by atoms with Crippen molar-refractivity contribution >= 4 is 51.3 Å². The summed E-state index contributed by atoms with van der Waals surface area (Å²) in [6.07, 6.45) is 1.30. The summed E-state index contributed by atoms with van der Waals surface area (Å²) in [5.41, 5.74) is 3.10. The van der Waals surface area contributed by atoms with Gasteiger partial charge in [-0.1, -0.05) is 45.2 Å². The second kappa shape index (κ2) is 6.93. The number of amides is 1. The molecule has 0 atom stereocenters. The summed E-state index contributed by atoms with van der Waals surface area (Å²) >= 11 is 14.9. The highest BCUT2D eigenvalue weighted by Crippen LogP contribution is 2.30. The van der Waals surface area contributed by atoms with Crippen molar-refractivity contribution in [2.24, 2.45) is 5.10 Å². The number of rotatable bonds is 3. The third-order valence-corrected chi connectivity index (χ3v) is 3.50. The van der Waals surface area contributed by atoms with Gasteiger partial charge in [-0.25, -0.2) is 5.43 Å². The Morgan fingerprint density at radius 1 is 1.29 bits per heavy atom. The Kier molecular flexibility index (Phi) is 5.22. The molecule has 21 heavy (non-hydrogen) atoms. The first-order valence-corrected chi connectivity index (χ1v) is 7.29. The number of phenols is 1. The third-order valence-electron chi connectivity index (χ3n) is 2.51. The summed E-state index contributed by atoms with van der Waals surface area (Å²) < 4.78 is 0.688. The zero-order valence-corrected chi connectivity index (χ0v) is 13.6. The maximum atomic E-state index is 11.8. The van der Waals surface area contributed by atoms with E-state index in [0.717, 1.165) is 0 Å². The normalized spacial score (nSPS) is 10.8. The molecule has 2 aromatic carbocycles. The zero-order chi connectivity index (χ0) is 15.4. The lowest BCUT2D eigenvalue weighted by molar-refractivity contribution is 0.0955. The number of halogens is 3. The van der Waals surface area contributed by atoms with E-state index in [0.29, 0.717) is 20.6 Å². The van der Waals surface area contributed by atoms with E-state index in [-0.39, 0.29) is 10.8 Å². The molecule has 0 saturated heterocycles. The average Bonchev–Trinajstić information content (AvgIpc) is 2.43. The van der Waals surface area contributed by atoms with E-state index >= 15 is 0 Å². The highest BCUT2D eigenvalue weighted by molar-refractivity contribution is 9.10. The van der Waals surface area contributed by atoms with E-state index in [1.54, 1.807) is 30.3 Å². The van der Waals surface area contributed by atoms with Crippen LogP contribution in [0.4, 0.5) is 0 Å². The molecule has 7 heteroatoms. The van der Waals surface area contributed by atoms with Gasteiger partial charge in [0.1, 0.15) is 5.75 Å². The molecule has 108 valence electrons. The van der Waals surface area contributed by atoms with E-state index in [4.69, 9.17) is 23.2 Å². The molecule has 0 fully saturated rings. The summed E-state index contributed by atoms with van der Waals surface area (Å²) in [5.74, 6) is -0.519. The molecule has 0 bridgehead atoms. The molecule has 0 spiro atoms. The maximum Gasteiger partial charge on any atom is 0.271 e. The molecule has 0 aliphatic carbocycles. The van der Waals surface area contributed by atoms with Crippen molar-refractivity contribution in [3.63, 3.8) is 0 Å². The monoisotopic (exact) mass is 386 g/mol. The molecule has 2 N–H and O–H groups in total. The molecule has 4 nitrogen and oxygen atoms in total. The predicted octanol–water partition coefficient (Wildman–Crippen LogP) is 4.23. The Hall–Kier alpha value is -1.56. The molecule has 1 amide bonds. The number of nitrogens with zero attached hydrogens (tertiary/aromatic N) is 1. The van der Waals surface area contributed by atoms with Crippen LogP contribution in [0.5, 0.6) is 5.75 Å². The Bertz CT molecular complexity index is 720. The Labute approximate surface area is 139 Å². The van der Waals surface area contributed by atoms with Crippen molar-refractivity contribution in [3.8, 4) is 5.75 Å². The van der Waals surface area contributed by atoms with E-state index in [9.17, 15) is 9.90 Å². The van der Waals surface area contributed by atoms with Gasteiger partial charge in [0.05, 0.1) is 11.2 Å². The molecular formula is C14H9BrCl2N2O2. The lowest BCUT2D eigenvalue weighted by Crippen LogP contribution is -2.17. The number of nitrogens with one attached hydrogen (secondary N) is 1. The minimum absolute atomic E-state index is 0.111. The zero-order valence-electron chi connectivity index (χ0n) is 10.5. The van der Waals surface area contributed by atoms with Gasteiger partial charge in [0.15, 0.2) is 0 Å². The van der Waals surface area contributed by atoms with Crippen LogP contribution in [0.1, 0.15) is 15.9 Å². The van der Waals surface area contributed by atoms with Gasteiger partial charge in [-0.3, -0.25) is 4.79 Å². The largest absolute Gasteiger partial charge is 0.506 e. The lowest BCUT2D eigenvalue weighted by atomic mass is 10.2. The second-order valence-corrected chi connectivity index (χ2v) is 5.79. The third kappa shape index (κ3) is 4.20. The summed E-state index contributed by atoms with van der Waals surface area (Å²) in [5, 5.41) is 14.2. The number of hydrogen-bond donors (Lipinski definition) is 2. The van der Waals surface area contributed by atoms with Gasteiger partial charge in [0.25, 0.3) is 5.91 Å². The van der Waals surface area contributed by atoms with E-state index < -0.39 is 5.91 Å². The maximum absolute atomic E-state index is 11.8. The van der Waals surface area contributed by atoms with Crippen molar-refractivity contribution in [3.05, 3.63) is 62.0 Å². The highest BCUT2D eigenvalue weighted by atomic mass is 79.9. The summed E-state index contributed by atoms with van der Waals surface area (Å²) in [7, 11) is 0. The van der Waals surface area contributed by atoms with Gasteiger partial charge in [-0.15, -0.1) is 0 Å². The van der Waals surface area contributed by atoms with Gasteiger partial charge >= 0.3 is 0 Å². The van der Waals surface area contributed by atoms with Gasteiger partial charge in [0, 0.05) is 20.6 Å². The number of hydrogen-bond acceptors (Lipinski definition) is 3. The fourth-order valence-electron chi connectivity index (χ4n) is 1.54. The SMILES string of the molecule is O=C(N/N=C/c1cc(Br)cc(Cl)c1O)c1cccc(Cl)c1. The van der Waals surface area contributed by atoms with Crippen LogP contribution in [0.3, 0.4) is 0 Å². The molecule has 0 aromatic heterocycles. The number of phenolic OH excluding ortho intramolecular Hbond substituents is 1. The average molecular weight is 388 g/mol. The number of carbonyl (C=O) groups is 1. The van der Waals surface area contributed by atoms with Crippen molar-refractivity contribution in [1.82, 2.24) is 5.43 Å². The van der Waals surface area contributed by atoms with Crippen molar-refractivity contribution in [2.45, 2.75) is 0 Å². The van der Waals surface area contributed by atoms with Crippen LogP contribution in [-0.4, -0.2) is 17.2 Å². The fraction of sp³-hybridized carbons (Fsp3) is 0. The van der Waals surface area contributed by atoms with Gasteiger partial charge in [-0.2, -0.15) is 5.10 Å². The molecule has 0 aliphatic rings. The minimum atomic E-state index is -0.408. The van der Waals surface area contributed by atoms with Crippen molar-refractivity contribution < 1.29 is 9.90 Å². The molecule has 0 saturated carbocycles. The predicted molar refractivity (Wildman–Crippen MR) is 87.3 cm³/mol. The number of carbonyl (C=O) groups excluding carboxylic acids is 1. The second-order valence-electron chi connectivity index (χ2n) is 4.03. The molecule has 2 aromatic rings. The van der Waals surface area contributed by atoms with Crippen LogP contribution in [0, 0.1) is 0 Å². The van der Waals surface area contributed by atoms with Crippen LogP contribution in [-0.2, 0) is 0 Å². The first-order chi connectivity index (χ1) is 9.97. The molecule has 2 rings (SSSR count). The molecule has 0 unspecified atom stereocenters. The number of benzene rings is 2. The van der Waals surface area contributed by atoms with Crippen LogP contribution in [0.2, 0.25) is 10.0 Å². The Balaban J connectivity index is 2.11. The smallest absolute Gasteiger partial charge is 0.271 e. The van der Waals surface area contributed by atoms with E-state index in [1.165, 1.54) is 12.3 Å². The summed E-state index contributed by atoms with van der Waals surface area (Å²) in [6.45, 7) is 0. The van der Waals surface area contributed by atoms with Gasteiger partial charge in [-0.05, 0) is 30.3 Å². The topological polar surface area (TPSA) is 61.7 Å². The van der Waals surface area contributed by atoms with Crippen LogP contribution < -0.4 is 5.43 Å². The summed E-state index contributed by atoms with van der Waals surface area (Å²) in [4.78, 5) is 11.8. The highest BCUT2D eigenvalue weighted by Gasteiger charge is 2.07. The van der Waals surface area contributed by atoms with Crippen molar-refractivity contribution in [1.29, 1.82) is 0 Å².